The highest BCUT2D eigenvalue weighted by molar-refractivity contribution is 6.32. The summed E-state index contributed by atoms with van der Waals surface area (Å²) in [6, 6.07) is 5.91. The molecule has 0 N–H and O–H groups in total. The van der Waals surface area contributed by atoms with Crippen LogP contribution in [-0.2, 0) is 0 Å². The van der Waals surface area contributed by atoms with E-state index in [4.69, 9.17) is 16.3 Å². The van der Waals surface area contributed by atoms with Gasteiger partial charge in [-0.1, -0.05) is 24.6 Å². The molecule has 0 unspecified atom stereocenters. The van der Waals surface area contributed by atoms with Crippen LogP contribution in [-0.4, -0.2) is 31.1 Å². The first-order valence-corrected chi connectivity index (χ1v) is 7.64. The maximum Gasteiger partial charge on any atom is 0.138 e. The van der Waals surface area contributed by atoms with Crippen molar-refractivity contribution in [1.82, 2.24) is 4.90 Å². The first-order valence-electron chi connectivity index (χ1n) is 7.26. The van der Waals surface area contributed by atoms with Gasteiger partial charge in [0.05, 0.1) is 11.6 Å². The fraction of sp³-hybridized carbons (Fsp3) is 0.625. The molecule has 1 aliphatic heterocycles. The third-order valence-electron chi connectivity index (χ3n) is 3.70. The van der Waals surface area contributed by atoms with Crippen LogP contribution < -0.4 is 4.74 Å². The molecule has 19 heavy (non-hydrogen) atoms. The number of hydrogen-bond donors (Lipinski definition) is 0. The molecule has 0 aromatic heterocycles. The minimum Gasteiger partial charge on any atom is -0.492 e. The fourth-order valence-corrected chi connectivity index (χ4v) is 2.85. The van der Waals surface area contributed by atoms with Gasteiger partial charge in [0.1, 0.15) is 5.75 Å². The largest absolute Gasteiger partial charge is 0.492 e. The van der Waals surface area contributed by atoms with Gasteiger partial charge in [-0.05, 0) is 56.3 Å². The second kappa shape index (κ2) is 7.16. The third-order valence-corrected chi connectivity index (χ3v) is 4.02. The number of aryl methyl sites for hydroxylation is 1. The zero-order chi connectivity index (χ0) is 13.7. The zero-order valence-electron chi connectivity index (χ0n) is 12.0. The van der Waals surface area contributed by atoms with Crippen molar-refractivity contribution in [2.75, 3.05) is 26.2 Å². The molecule has 0 bridgehead atoms. The molecule has 1 fully saturated rings. The highest BCUT2D eigenvalue weighted by atomic mass is 35.5. The summed E-state index contributed by atoms with van der Waals surface area (Å²) in [5, 5.41) is 0.706. The lowest BCUT2D eigenvalue weighted by molar-refractivity contribution is 0.170. The first-order chi connectivity index (χ1) is 9.15. The Labute approximate surface area is 121 Å². The van der Waals surface area contributed by atoms with Gasteiger partial charge in [0, 0.05) is 13.1 Å². The molecule has 0 radical (unpaired) electrons. The van der Waals surface area contributed by atoms with Gasteiger partial charge in [0.2, 0.25) is 0 Å². The van der Waals surface area contributed by atoms with E-state index in [9.17, 15) is 0 Å². The second-order valence-electron chi connectivity index (χ2n) is 5.68. The molecule has 1 aromatic rings. The quantitative estimate of drug-likeness (QED) is 0.752. The Balaban J connectivity index is 1.70. The normalized spacial score (nSPS) is 20.5. The van der Waals surface area contributed by atoms with Crippen molar-refractivity contribution in [3.05, 3.63) is 28.8 Å². The molecule has 0 saturated carbocycles. The Morgan fingerprint density at radius 2 is 2.26 bits per heavy atom. The van der Waals surface area contributed by atoms with E-state index in [0.29, 0.717) is 5.02 Å². The number of piperidine rings is 1. The second-order valence-corrected chi connectivity index (χ2v) is 6.09. The van der Waals surface area contributed by atoms with E-state index in [1.165, 1.54) is 31.5 Å². The molecule has 3 heteroatoms. The summed E-state index contributed by atoms with van der Waals surface area (Å²) in [4.78, 5) is 2.55. The molecular formula is C16H24ClNO. The zero-order valence-corrected chi connectivity index (χ0v) is 12.7. The number of halogens is 1. The van der Waals surface area contributed by atoms with Gasteiger partial charge in [-0.15, -0.1) is 0 Å². The number of nitrogens with zero attached hydrogens (tertiary/aromatic N) is 1. The average molecular weight is 282 g/mol. The Morgan fingerprint density at radius 3 is 3.05 bits per heavy atom. The molecule has 1 saturated heterocycles. The SMILES string of the molecule is Cc1ccc(Cl)c(OCCCN2CCC[C@@H](C)C2)c1. The van der Waals surface area contributed by atoms with Crippen LogP contribution in [0.3, 0.4) is 0 Å². The highest BCUT2D eigenvalue weighted by Gasteiger charge is 2.15. The molecule has 1 aliphatic rings. The summed E-state index contributed by atoms with van der Waals surface area (Å²) in [5.41, 5.74) is 1.18. The minimum absolute atomic E-state index is 0.706. The van der Waals surface area contributed by atoms with Gasteiger partial charge in [0.15, 0.2) is 0 Å². The van der Waals surface area contributed by atoms with Crippen LogP contribution in [0.1, 0.15) is 31.7 Å². The summed E-state index contributed by atoms with van der Waals surface area (Å²) in [6.45, 7) is 8.76. The number of hydrogen-bond acceptors (Lipinski definition) is 2. The Bertz CT molecular complexity index is 408. The van der Waals surface area contributed by atoms with Crippen molar-refractivity contribution in [1.29, 1.82) is 0 Å². The average Bonchev–Trinajstić information content (AvgIpc) is 2.39. The van der Waals surface area contributed by atoms with E-state index in [1.54, 1.807) is 0 Å². The van der Waals surface area contributed by atoms with Crippen LogP contribution in [0.15, 0.2) is 18.2 Å². The van der Waals surface area contributed by atoms with E-state index in [-0.39, 0.29) is 0 Å². The molecule has 2 rings (SSSR count). The van der Waals surface area contributed by atoms with Crippen molar-refractivity contribution in [2.45, 2.75) is 33.1 Å². The van der Waals surface area contributed by atoms with Crippen molar-refractivity contribution < 1.29 is 4.74 Å². The summed E-state index contributed by atoms with van der Waals surface area (Å²) in [6.07, 6.45) is 3.79. The van der Waals surface area contributed by atoms with Gasteiger partial charge >= 0.3 is 0 Å². The maximum absolute atomic E-state index is 6.11. The summed E-state index contributed by atoms with van der Waals surface area (Å²) in [7, 11) is 0. The van der Waals surface area contributed by atoms with Crippen molar-refractivity contribution >= 4 is 11.6 Å². The molecule has 1 aromatic carbocycles. The van der Waals surface area contributed by atoms with Crippen molar-refractivity contribution in [3.8, 4) is 5.75 Å². The predicted octanol–water partition coefficient (Wildman–Crippen LogP) is 4.15. The smallest absolute Gasteiger partial charge is 0.138 e. The van der Waals surface area contributed by atoms with Gasteiger partial charge in [-0.25, -0.2) is 0 Å². The van der Waals surface area contributed by atoms with Crippen LogP contribution >= 0.6 is 11.6 Å². The highest BCUT2D eigenvalue weighted by Crippen LogP contribution is 2.25. The van der Waals surface area contributed by atoms with E-state index >= 15 is 0 Å². The third kappa shape index (κ3) is 4.70. The molecule has 1 heterocycles. The molecule has 2 nitrogen and oxygen atoms in total. The van der Waals surface area contributed by atoms with Gasteiger partial charge in [0.25, 0.3) is 0 Å². The maximum atomic E-state index is 6.11. The molecule has 106 valence electrons. The lowest BCUT2D eigenvalue weighted by atomic mass is 10.0. The van der Waals surface area contributed by atoms with E-state index < -0.39 is 0 Å². The van der Waals surface area contributed by atoms with E-state index in [1.807, 2.05) is 18.2 Å². The van der Waals surface area contributed by atoms with Crippen LogP contribution in [0.25, 0.3) is 0 Å². The van der Waals surface area contributed by atoms with Gasteiger partial charge < -0.3 is 9.64 Å². The van der Waals surface area contributed by atoms with E-state index in [2.05, 4.69) is 18.7 Å². The number of likely N-dealkylation sites (tertiary alicyclic amines) is 1. The predicted molar refractivity (Wildman–Crippen MR) is 81.1 cm³/mol. The minimum atomic E-state index is 0.706. The van der Waals surface area contributed by atoms with Gasteiger partial charge in [-0.3, -0.25) is 0 Å². The topological polar surface area (TPSA) is 12.5 Å². The Morgan fingerprint density at radius 1 is 1.42 bits per heavy atom. The summed E-state index contributed by atoms with van der Waals surface area (Å²) < 4.78 is 5.78. The summed E-state index contributed by atoms with van der Waals surface area (Å²) >= 11 is 6.11. The van der Waals surface area contributed by atoms with Crippen molar-refractivity contribution in [3.63, 3.8) is 0 Å². The Hall–Kier alpha value is -0.730. The van der Waals surface area contributed by atoms with Crippen molar-refractivity contribution in [2.24, 2.45) is 5.92 Å². The lowest BCUT2D eigenvalue weighted by Gasteiger charge is -2.30. The fourth-order valence-electron chi connectivity index (χ4n) is 2.68. The molecule has 0 amide bonds. The van der Waals surface area contributed by atoms with Crippen LogP contribution in [0.2, 0.25) is 5.02 Å². The monoisotopic (exact) mass is 281 g/mol. The summed E-state index contributed by atoms with van der Waals surface area (Å²) in [5.74, 6) is 1.66. The molecule has 1 atom stereocenters. The number of rotatable bonds is 5. The van der Waals surface area contributed by atoms with Crippen LogP contribution in [0.5, 0.6) is 5.75 Å². The molecule has 0 spiro atoms. The number of ether oxygens (including phenoxy) is 1. The van der Waals surface area contributed by atoms with Crippen LogP contribution in [0.4, 0.5) is 0 Å². The first kappa shape index (κ1) is 14.7. The lowest BCUT2D eigenvalue weighted by Crippen LogP contribution is -2.35. The van der Waals surface area contributed by atoms with Crippen LogP contribution in [0, 0.1) is 12.8 Å². The van der Waals surface area contributed by atoms with E-state index in [0.717, 1.165) is 31.2 Å². The number of benzene rings is 1. The van der Waals surface area contributed by atoms with Gasteiger partial charge in [-0.2, -0.15) is 0 Å². The Kier molecular flexibility index (Phi) is 5.53. The standard InChI is InChI=1S/C16H24ClNO/c1-13-6-7-15(17)16(11-13)19-10-4-9-18-8-3-5-14(2)12-18/h6-7,11,14H,3-5,8-10,12H2,1-2H3/t14-/m1/s1. The molecular weight excluding hydrogens is 258 g/mol. The molecule has 0 aliphatic carbocycles.